The van der Waals surface area contributed by atoms with Crippen molar-refractivity contribution in [3.63, 3.8) is 0 Å². The molecule has 0 N–H and O–H groups in total. The quantitative estimate of drug-likeness (QED) is 0.674. The Morgan fingerprint density at radius 1 is 1.20 bits per heavy atom. The first-order valence-electron chi connectivity index (χ1n) is 11.2. The van der Waals surface area contributed by atoms with Crippen molar-refractivity contribution >= 4 is 17.7 Å². The first-order valence-corrected chi connectivity index (χ1v) is 11.2. The van der Waals surface area contributed by atoms with Gasteiger partial charge in [-0.05, 0) is 57.3 Å². The number of aryl methyl sites for hydroxylation is 1. The molecular formula is C24H33N3O3. The number of benzene rings is 1. The van der Waals surface area contributed by atoms with Gasteiger partial charge in [0.05, 0.1) is 5.41 Å². The number of fused-ring (bicyclic) bond motifs is 2. The monoisotopic (exact) mass is 411 g/mol. The fourth-order valence-corrected chi connectivity index (χ4v) is 5.68. The third-order valence-corrected chi connectivity index (χ3v) is 7.26. The second-order valence-corrected chi connectivity index (χ2v) is 9.64. The van der Waals surface area contributed by atoms with E-state index in [0.29, 0.717) is 25.0 Å². The van der Waals surface area contributed by atoms with Gasteiger partial charge in [-0.2, -0.15) is 0 Å². The van der Waals surface area contributed by atoms with Crippen LogP contribution in [0.4, 0.5) is 0 Å². The van der Waals surface area contributed by atoms with E-state index in [0.717, 1.165) is 30.5 Å². The predicted molar refractivity (Wildman–Crippen MR) is 115 cm³/mol. The van der Waals surface area contributed by atoms with E-state index in [2.05, 4.69) is 0 Å². The molecular weight excluding hydrogens is 378 g/mol. The maximum atomic E-state index is 13.7. The first-order chi connectivity index (χ1) is 14.3. The van der Waals surface area contributed by atoms with Crippen LogP contribution in [0.3, 0.4) is 0 Å². The molecule has 1 aromatic rings. The number of hydrogen-bond acceptors (Lipinski definition) is 4. The summed E-state index contributed by atoms with van der Waals surface area (Å²) < 4.78 is 0. The van der Waals surface area contributed by atoms with E-state index in [4.69, 9.17) is 0 Å². The number of likely N-dealkylation sites (tertiary alicyclic amines) is 2. The van der Waals surface area contributed by atoms with Crippen LogP contribution < -0.4 is 0 Å². The number of imide groups is 1. The summed E-state index contributed by atoms with van der Waals surface area (Å²) in [4.78, 5) is 45.5. The minimum atomic E-state index is -1.08. The van der Waals surface area contributed by atoms with Crippen LogP contribution in [0, 0.1) is 12.8 Å². The molecule has 3 atom stereocenters. The van der Waals surface area contributed by atoms with Gasteiger partial charge in [0.2, 0.25) is 17.7 Å². The van der Waals surface area contributed by atoms with Crippen LogP contribution in [0.1, 0.15) is 49.7 Å². The molecule has 6 nitrogen and oxygen atoms in total. The van der Waals surface area contributed by atoms with E-state index in [1.54, 1.807) is 0 Å². The third kappa shape index (κ3) is 3.66. The van der Waals surface area contributed by atoms with Gasteiger partial charge in [-0.3, -0.25) is 19.3 Å². The van der Waals surface area contributed by atoms with Crippen molar-refractivity contribution < 1.29 is 14.4 Å². The van der Waals surface area contributed by atoms with Gasteiger partial charge < -0.3 is 9.80 Å². The Kier molecular flexibility index (Phi) is 5.71. The van der Waals surface area contributed by atoms with Crippen molar-refractivity contribution in [2.24, 2.45) is 5.92 Å². The molecule has 2 bridgehead atoms. The lowest BCUT2D eigenvalue weighted by Crippen LogP contribution is -2.45. The maximum Gasteiger partial charge on any atom is 0.240 e. The maximum absolute atomic E-state index is 13.7. The molecule has 30 heavy (non-hydrogen) atoms. The summed E-state index contributed by atoms with van der Waals surface area (Å²) in [7, 11) is 3.85. The van der Waals surface area contributed by atoms with Gasteiger partial charge in [0.25, 0.3) is 0 Å². The van der Waals surface area contributed by atoms with Crippen LogP contribution in [0.5, 0.6) is 0 Å². The lowest BCUT2D eigenvalue weighted by Gasteiger charge is -2.32. The van der Waals surface area contributed by atoms with E-state index in [9.17, 15) is 14.4 Å². The highest BCUT2D eigenvalue weighted by Gasteiger charge is 2.55. The summed E-state index contributed by atoms with van der Waals surface area (Å²) in [5, 5.41) is 0. The molecule has 3 fully saturated rings. The second-order valence-electron chi connectivity index (χ2n) is 9.64. The highest BCUT2D eigenvalue weighted by atomic mass is 16.2. The van der Waals surface area contributed by atoms with Gasteiger partial charge in [0.1, 0.15) is 0 Å². The van der Waals surface area contributed by atoms with E-state index >= 15 is 0 Å². The summed E-state index contributed by atoms with van der Waals surface area (Å²) >= 11 is 0. The molecule has 4 rings (SSSR count). The summed E-state index contributed by atoms with van der Waals surface area (Å²) in [6, 6.07) is 8.03. The molecule has 1 aromatic carbocycles. The zero-order valence-corrected chi connectivity index (χ0v) is 18.4. The minimum Gasteiger partial charge on any atom is -0.339 e. The van der Waals surface area contributed by atoms with Crippen LogP contribution >= 0.6 is 0 Å². The zero-order chi connectivity index (χ0) is 21.5. The number of hydrogen-bond donors (Lipinski definition) is 0. The number of nitrogens with zero attached hydrogens (tertiary/aromatic N) is 3. The number of carbonyl (C=O) groups is 3. The Morgan fingerprint density at radius 2 is 1.97 bits per heavy atom. The van der Waals surface area contributed by atoms with Crippen molar-refractivity contribution in [3.8, 4) is 0 Å². The Balaban J connectivity index is 1.66. The van der Waals surface area contributed by atoms with E-state index < -0.39 is 5.41 Å². The van der Waals surface area contributed by atoms with Gasteiger partial charge in [-0.25, -0.2) is 0 Å². The van der Waals surface area contributed by atoms with Gasteiger partial charge in [-0.15, -0.1) is 0 Å². The fourth-order valence-electron chi connectivity index (χ4n) is 5.68. The average molecular weight is 412 g/mol. The molecule has 0 unspecified atom stereocenters. The summed E-state index contributed by atoms with van der Waals surface area (Å²) in [6.07, 6.45) is 4.69. The molecule has 0 radical (unpaired) electrons. The normalized spacial score (nSPS) is 28.7. The van der Waals surface area contributed by atoms with Gasteiger partial charge in [-0.1, -0.05) is 30.7 Å². The van der Waals surface area contributed by atoms with Crippen LogP contribution in [0.25, 0.3) is 0 Å². The molecule has 2 aliphatic heterocycles. The first kappa shape index (κ1) is 21.0. The van der Waals surface area contributed by atoms with Gasteiger partial charge in [0, 0.05) is 38.5 Å². The Bertz CT molecular complexity index is 852. The largest absolute Gasteiger partial charge is 0.339 e. The number of likely N-dealkylation sites (N-methyl/N-ethyl adjacent to an activating group) is 1. The number of carbonyl (C=O) groups excluding carboxylic acids is 3. The second kappa shape index (κ2) is 8.14. The van der Waals surface area contributed by atoms with Gasteiger partial charge >= 0.3 is 0 Å². The number of amides is 3. The van der Waals surface area contributed by atoms with E-state index in [1.165, 1.54) is 17.7 Å². The molecule has 2 heterocycles. The smallest absolute Gasteiger partial charge is 0.240 e. The van der Waals surface area contributed by atoms with Crippen molar-refractivity contribution in [3.05, 3.63) is 35.4 Å². The lowest BCUT2D eigenvalue weighted by atomic mass is 9.74. The molecule has 0 spiro atoms. The highest BCUT2D eigenvalue weighted by molar-refractivity contribution is 6.11. The Morgan fingerprint density at radius 3 is 2.67 bits per heavy atom. The van der Waals surface area contributed by atoms with Crippen LogP contribution in [-0.2, 0) is 19.8 Å². The number of rotatable bonds is 6. The average Bonchev–Trinajstić information content (AvgIpc) is 3.13. The van der Waals surface area contributed by atoms with Gasteiger partial charge in [0.15, 0.2) is 0 Å². The van der Waals surface area contributed by atoms with Crippen LogP contribution in [0.15, 0.2) is 24.3 Å². The van der Waals surface area contributed by atoms with E-state index in [-0.39, 0.29) is 30.6 Å². The molecule has 3 aliphatic rings. The third-order valence-electron chi connectivity index (χ3n) is 7.26. The highest BCUT2D eigenvalue weighted by Crippen LogP contribution is 2.43. The van der Waals surface area contributed by atoms with Crippen molar-refractivity contribution in [1.82, 2.24) is 14.7 Å². The summed E-state index contributed by atoms with van der Waals surface area (Å²) in [5.74, 6) is 0.250. The molecule has 2 saturated heterocycles. The van der Waals surface area contributed by atoms with E-state index in [1.807, 2.05) is 55.1 Å². The molecule has 1 saturated carbocycles. The fraction of sp³-hybridized carbons (Fsp3) is 0.625. The molecule has 1 aliphatic carbocycles. The van der Waals surface area contributed by atoms with Crippen molar-refractivity contribution in [1.29, 1.82) is 0 Å². The molecule has 162 valence electrons. The molecule has 3 amide bonds. The van der Waals surface area contributed by atoms with Crippen LogP contribution in [0.2, 0.25) is 0 Å². The topological polar surface area (TPSA) is 60.9 Å². The SMILES string of the molecule is Cc1ccccc1[C@]1(CC(=O)N2C[C@@H]3CCC[C@@H]2C3)CC(=O)N(CCN(C)C)C1=O. The summed E-state index contributed by atoms with van der Waals surface area (Å²) in [5.41, 5.74) is 0.704. The lowest BCUT2D eigenvalue weighted by molar-refractivity contribution is -0.143. The standard InChI is InChI=1S/C24H33N3O3/c1-17-7-4-5-10-20(17)24(14-21(28)26(23(24)30)12-11-25(2)3)15-22(29)27-16-18-8-6-9-19(27)13-18/h4-5,7,10,18-19H,6,8-9,11-16H2,1-3H3/t18-,19-,24-/m1/s1. The molecule has 0 aromatic heterocycles. The predicted octanol–water partition coefficient (Wildman–Crippen LogP) is 2.34. The summed E-state index contributed by atoms with van der Waals surface area (Å²) in [6.45, 7) is 3.75. The molecule has 6 heteroatoms. The van der Waals surface area contributed by atoms with Crippen molar-refractivity contribution in [2.45, 2.75) is 56.9 Å². The zero-order valence-electron chi connectivity index (χ0n) is 18.4. The minimum absolute atomic E-state index is 0.0308. The Labute approximate surface area is 179 Å². The Hall–Kier alpha value is -2.21. The van der Waals surface area contributed by atoms with Crippen LogP contribution in [-0.4, -0.2) is 72.2 Å². The van der Waals surface area contributed by atoms with Crippen molar-refractivity contribution in [2.75, 3.05) is 33.7 Å².